The number of halogens is 1. The van der Waals surface area contributed by atoms with Gasteiger partial charge in [-0.15, -0.1) is 11.3 Å². The number of carbonyl (C=O) groups is 1. The molecular weight excluding hydrogens is 329 g/mol. The van der Waals surface area contributed by atoms with Gasteiger partial charge in [0.05, 0.1) is 5.39 Å². The number of fused-ring (bicyclic) bond motifs is 1. The molecule has 1 saturated heterocycles. The number of anilines is 1. The van der Waals surface area contributed by atoms with Gasteiger partial charge in [0.25, 0.3) is 0 Å². The molecule has 0 bridgehead atoms. The first kappa shape index (κ1) is 15.0. The number of benzene rings is 1. The number of carboxylic acid groups (broad SMARTS) is 1. The molecule has 4 rings (SSSR count). The third-order valence-electron chi connectivity index (χ3n) is 4.32. The number of rotatable bonds is 3. The molecule has 1 unspecified atom stereocenters. The highest BCUT2D eigenvalue weighted by Crippen LogP contribution is 2.39. The Morgan fingerprint density at radius 3 is 2.83 bits per heavy atom. The maximum Gasteiger partial charge on any atom is 0.326 e. The second-order valence-electron chi connectivity index (χ2n) is 5.72. The van der Waals surface area contributed by atoms with Gasteiger partial charge in [-0.2, -0.15) is 0 Å². The zero-order valence-electron chi connectivity index (χ0n) is 12.6. The normalized spacial score (nSPS) is 17.5. The van der Waals surface area contributed by atoms with E-state index in [0.717, 1.165) is 27.8 Å². The second kappa shape index (κ2) is 5.83. The highest BCUT2D eigenvalue weighted by atomic mass is 32.1. The first-order chi connectivity index (χ1) is 11.6. The van der Waals surface area contributed by atoms with E-state index in [1.54, 1.807) is 12.1 Å². The summed E-state index contributed by atoms with van der Waals surface area (Å²) in [5.41, 5.74) is 1.77. The Hall–Kier alpha value is -2.54. The van der Waals surface area contributed by atoms with E-state index in [4.69, 9.17) is 0 Å². The summed E-state index contributed by atoms with van der Waals surface area (Å²) in [6.07, 6.45) is 2.90. The SMILES string of the molecule is O=C(O)C1CCCN1c1ncnc2scc(-c3ccc(F)cc3)c12. The van der Waals surface area contributed by atoms with Crippen LogP contribution < -0.4 is 4.90 Å². The molecule has 0 saturated carbocycles. The Bertz CT molecular complexity index is 910. The van der Waals surface area contributed by atoms with Crippen molar-refractivity contribution in [3.05, 3.63) is 41.8 Å². The van der Waals surface area contributed by atoms with E-state index in [-0.39, 0.29) is 5.82 Å². The van der Waals surface area contributed by atoms with Gasteiger partial charge in [-0.3, -0.25) is 0 Å². The Balaban J connectivity index is 1.89. The minimum atomic E-state index is -0.835. The molecule has 122 valence electrons. The van der Waals surface area contributed by atoms with Crippen molar-refractivity contribution in [3.63, 3.8) is 0 Å². The first-order valence-corrected chi connectivity index (χ1v) is 8.50. The molecule has 0 amide bonds. The van der Waals surface area contributed by atoms with Crippen LogP contribution in [0.2, 0.25) is 0 Å². The summed E-state index contributed by atoms with van der Waals surface area (Å²) in [6.45, 7) is 0.655. The van der Waals surface area contributed by atoms with E-state index >= 15 is 0 Å². The Labute approximate surface area is 141 Å². The molecule has 3 aromatic rings. The fourth-order valence-electron chi connectivity index (χ4n) is 3.20. The van der Waals surface area contributed by atoms with E-state index in [1.165, 1.54) is 29.8 Å². The van der Waals surface area contributed by atoms with Gasteiger partial charge in [-0.05, 0) is 30.5 Å². The van der Waals surface area contributed by atoms with Crippen molar-refractivity contribution in [1.82, 2.24) is 9.97 Å². The lowest BCUT2D eigenvalue weighted by molar-refractivity contribution is -0.138. The maximum absolute atomic E-state index is 13.2. The van der Waals surface area contributed by atoms with Crippen molar-refractivity contribution in [2.45, 2.75) is 18.9 Å². The van der Waals surface area contributed by atoms with Crippen molar-refractivity contribution < 1.29 is 14.3 Å². The average Bonchev–Trinajstić information content (AvgIpc) is 3.22. The summed E-state index contributed by atoms with van der Waals surface area (Å²) in [5, 5.41) is 12.3. The zero-order chi connectivity index (χ0) is 16.7. The topological polar surface area (TPSA) is 66.3 Å². The van der Waals surface area contributed by atoms with Crippen LogP contribution in [0.1, 0.15) is 12.8 Å². The van der Waals surface area contributed by atoms with E-state index in [2.05, 4.69) is 9.97 Å². The monoisotopic (exact) mass is 343 g/mol. The van der Waals surface area contributed by atoms with Crippen molar-refractivity contribution in [1.29, 1.82) is 0 Å². The molecule has 1 fully saturated rings. The molecule has 1 aliphatic rings. The summed E-state index contributed by atoms with van der Waals surface area (Å²) in [7, 11) is 0. The molecule has 2 aromatic heterocycles. The molecule has 3 heterocycles. The fourth-order valence-corrected chi connectivity index (χ4v) is 4.11. The second-order valence-corrected chi connectivity index (χ2v) is 6.58. The summed E-state index contributed by atoms with van der Waals surface area (Å²) >= 11 is 1.48. The summed E-state index contributed by atoms with van der Waals surface area (Å²) in [5.74, 6) is -0.483. The molecule has 1 N–H and O–H groups in total. The van der Waals surface area contributed by atoms with E-state index in [9.17, 15) is 14.3 Å². The van der Waals surface area contributed by atoms with Crippen LogP contribution in [0.4, 0.5) is 10.2 Å². The number of aromatic nitrogens is 2. The zero-order valence-corrected chi connectivity index (χ0v) is 13.5. The van der Waals surface area contributed by atoms with Crippen LogP contribution in [0.25, 0.3) is 21.3 Å². The minimum Gasteiger partial charge on any atom is -0.480 e. The highest BCUT2D eigenvalue weighted by molar-refractivity contribution is 7.17. The summed E-state index contributed by atoms with van der Waals surface area (Å²) in [4.78, 5) is 22.9. The van der Waals surface area contributed by atoms with Crippen LogP contribution in [-0.4, -0.2) is 33.6 Å². The van der Waals surface area contributed by atoms with Gasteiger partial charge in [0, 0.05) is 17.5 Å². The molecule has 0 radical (unpaired) electrons. The molecule has 1 aromatic carbocycles. The van der Waals surface area contributed by atoms with Crippen molar-refractivity contribution in [2.24, 2.45) is 0 Å². The Kier molecular flexibility index (Phi) is 3.65. The predicted molar refractivity (Wildman–Crippen MR) is 90.8 cm³/mol. The molecule has 5 nitrogen and oxygen atoms in total. The Morgan fingerprint density at radius 1 is 1.29 bits per heavy atom. The lowest BCUT2D eigenvalue weighted by atomic mass is 10.1. The van der Waals surface area contributed by atoms with Gasteiger partial charge in [0.15, 0.2) is 0 Å². The van der Waals surface area contributed by atoms with Crippen LogP contribution in [0.3, 0.4) is 0 Å². The molecular formula is C17H14FN3O2S. The van der Waals surface area contributed by atoms with Crippen LogP contribution in [-0.2, 0) is 4.79 Å². The predicted octanol–water partition coefficient (Wildman–Crippen LogP) is 3.55. The van der Waals surface area contributed by atoms with Gasteiger partial charge in [0.1, 0.15) is 28.8 Å². The number of aliphatic carboxylic acids is 1. The maximum atomic E-state index is 13.2. The standard InChI is InChI=1S/C17H14FN3O2S/c18-11-5-3-10(4-6-11)12-8-24-16-14(12)15(19-9-20-16)21-7-1-2-13(21)17(22)23/h3-6,8-9,13H,1-2,7H2,(H,22,23). The summed E-state index contributed by atoms with van der Waals surface area (Å²) < 4.78 is 13.2. The first-order valence-electron chi connectivity index (χ1n) is 7.63. The number of carboxylic acids is 1. The van der Waals surface area contributed by atoms with Gasteiger partial charge >= 0.3 is 5.97 Å². The van der Waals surface area contributed by atoms with Crippen molar-refractivity contribution in [2.75, 3.05) is 11.4 Å². The quantitative estimate of drug-likeness (QED) is 0.788. The van der Waals surface area contributed by atoms with Crippen LogP contribution in [0.15, 0.2) is 36.0 Å². The van der Waals surface area contributed by atoms with Gasteiger partial charge in [0.2, 0.25) is 0 Å². The lowest BCUT2D eigenvalue weighted by Gasteiger charge is -2.23. The number of hydrogen-bond donors (Lipinski definition) is 1. The molecule has 1 aliphatic heterocycles. The van der Waals surface area contributed by atoms with E-state index in [0.29, 0.717) is 18.8 Å². The molecule has 0 aliphatic carbocycles. The van der Waals surface area contributed by atoms with Crippen molar-refractivity contribution in [3.8, 4) is 11.1 Å². The molecule has 0 spiro atoms. The minimum absolute atomic E-state index is 0.291. The van der Waals surface area contributed by atoms with E-state index in [1.807, 2.05) is 10.3 Å². The third kappa shape index (κ3) is 2.41. The van der Waals surface area contributed by atoms with E-state index < -0.39 is 12.0 Å². The molecule has 7 heteroatoms. The van der Waals surface area contributed by atoms with Gasteiger partial charge < -0.3 is 10.0 Å². The van der Waals surface area contributed by atoms with Gasteiger partial charge in [-0.1, -0.05) is 12.1 Å². The highest BCUT2D eigenvalue weighted by Gasteiger charge is 2.33. The van der Waals surface area contributed by atoms with Gasteiger partial charge in [-0.25, -0.2) is 19.2 Å². The average molecular weight is 343 g/mol. The number of hydrogen-bond acceptors (Lipinski definition) is 5. The molecule has 24 heavy (non-hydrogen) atoms. The fraction of sp³-hybridized carbons (Fsp3) is 0.235. The largest absolute Gasteiger partial charge is 0.480 e. The third-order valence-corrected chi connectivity index (χ3v) is 5.20. The lowest BCUT2D eigenvalue weighted by Crippen LogP contribution is -2.36. The van der Waals surface area contributed by atoms with Crippen LogP contribution >= 0.6 is 11.3 Å². The van der Waals surface area contributed by atoms with Crippen LogP contribution in [0.5, 0.6) is 0 Å². The smallest absolute Gasteiger partial charge is 0.326 e. The number of thiophene rings is 1. The van der Waals surface area contributed by atoms with Crippen molar-refractivity contribution >= 4 is 33.3 Å². The number of nitrogens with zero attached hydrogens (tertiary/aromatic N) is 3. The van der Waals surface area contributed by atoms with Crippen LogP contribution in [0, 0.1) is 5.82 Å². The molecule has 1 atom stereocenters. The Morgan fingerprint density at radius 2 is 2.08 bits per heavy atom. The summed E-state index contributed by atoms with van der Waals surface area (Å²) in [6, 6.07) is 5.69.